The van der Waals surface area contributed by atoms with Gasteiger partial charge >= 0.3 is 5.97 Å². The molecule has 216 valence electrons. The number of anilines is 1. The van der Waals surface area contributed by atoms with Crippen molar-refractivity contribution in [3.05, 3.63) is 81.4 Å². The molecule has 2 aromatic heterocycles. The maximum atomic E-state index is 13.6. The van der Waals surface area contributed by atoms with E-state index in [2.05, 4.69) is 44.5 Å². The number of carbonyl (C=O) groups excluding carboxylic acids is 2. The molecule has 0 spiro atoms. The summed E-state index contributed by atoms with van der Waals surface area (Å²) in [5.74, 6) is -0.267. The Morgan fingerprint density at radius 1 is 1.12 bits per heavy atom. The highest BCUT2D eigenvalue weighted by molar-refractivity contribution is 7.11. The number of aromatic nitrogens is 2. The van der Waals surface area contributed by atoms with Crippen LogP contribution in [0.2, 0.25) is 0 Å². The smallest absolute Gasteiger partial charge is 0.306 e. The van der Waals surface area contributed by atoms with Gasteiger partial charge in [0.25, 0.3) is 0 Å². The Bertz CT molecular complexity index is 1510. The number of hydrogen-bond acceptors (Lipinski definition) is 6. The third-order valence-electron chi connectivity index (χ3n) is 7.35. The standard InChI is InChI=1S/C33H40N4O3S/c1-22-20-35-32(41-22)31(25-10-6-7-11-28(25)37-16-8-5-9-17-37)36-29(38)19-23-12-14-27-26(18-23)24(21-34-27)13-15-30(39)40-33(2,3)4/h6-7,10-12,14,18,20-21,31,34H,5,8-9,13,15-17,19H2,1-4H3,(H,36,38). The highest BCUT2D eigenvalue weighted by Gasteiger charge is 2.25. The number of aryl methyl sites for hydroxylation is 2. The topological polar surface area (TPSA) is 87.3 Å². The predicted octanol–water partition coefficient (Wildman–Crippen LogP) is 6.65. The van der Waals surface area contributed by atoms with Gasteiger partial charge in [-0.2, -0.15) is 0 Å². The summed E-state index contributed by atoms with van der Waals surface area (Å²) in [6.45, 7) is 9.73. The number of thiazole rings is 1. The van der Waals surface area contributed by atoms with Crippen LogP contribution >= 0.6 is 11.3 Å². The van der Waals surface area contributed by atoms with Crippen LogP contribution in [-0.2, 0) is 27.2 Å². The molecule has 2 N–H and O–H groups in total. The molecule has 8 heteroatoms. The van der Waals surface area contributed by atoms with Crippen LogP contribution < -0.4 is 10.2 Å². The number of ether oxygens (including phenoxy) is 1. The minimum Gasteiger partial charge on any atom is -0.460 e. The Morgan fingerprint density at radius 2 is 1.90 bits per heavy atom. The summed E-state index contributed by atoms with van der Waals surface area (Å²) in [5, 5.41) is 5.25. The van der Waals surface area contributed by atoms with Gasteiger partial charge in [-0.3, -0.25) is 9.59 Å². The Morgan fingerprint density at radius 3 is 2.63 bits per heavy atom. The molecule has 1 fully saturated rings. The van der Waals surface area contributed by atoms with E-state index in [9.17, 15) is 9.59 Å². The van der Waals surface area contributed by atoms with E-state index >= 15 is 0 Å². The molecule has 7 nitrogen and oxygen atoms in total. The highest BCUT2D eigenvalue weighted by atomic mass is 32.1. The molecule has 5 rings (SSSR count). The zero-order valence-electron chi connectivity index (χ0n) is 24.5. The van der Waals surface area contributed by atoms with Crippen LogP contribution in [0.15, 0.2) is 54.9 Å². The van der Waals surface area contributed by atoms with Crippen molar-refractivity contribution in [2.24, 2.45) is 0 Å². The van der Waals surface area contributed by atoms with Crippen LogP contribution in [0.3, 0.4) is 0 Å². The number of piperidine rings is 1. The second kappa shape index (κ2) is 12.5. The third kappa shape index (κ3) is 7.36. The molecule has 3 heterocycles. The van der Waals surface area contributed by atoms with Crippen LogP contribution in [0.1, 0.15) is 79.1 Å². The SMILES string of the molecule is Cc1cnc(C(NC(=O)Cc2ccc3[nH]cc(CCC(=O)OC(C)(C)C)c3c2)c2ccccc2N2CCCCC2)s1. The molecule has 1 saturated heterocycles. The molecule has 0 bridgehead atoms. The summed E-state index contributed by atoms with van der Waals surface area (Å²) in [7, 11) is 0. The highest BCUT2D eigenvalue weighted by Crippen LogP contribution is 2.34. The predicted molar refractivity (Wildman–Crippen MR) is 166 cm³/mol. The number of carbonyl (C=O) groups is 2. The van der Waals surface area contributed by atoms with Crippen LogP contribution in [0.25, 0.3) is 10.9 Å². The lowest BCUT2D eigenvalue weighted by Gasteiger charge is -2.32. The summed E-state index contributed by atoms with van der Waals surface area (Å²) in [6.07, 6.45) is 8.58. The number of para-hydroxylation sites is 1. The number of amides is 1. The number of benzene rings is 2. The van der Waals surface area contributed by atoms with Crippen LogP contribution in [0, 0.1) is 6.92 Å². The Hall–Kier alpha value is -3.65. The maximum absolute atomic E-state index is 13.6. The van der Waals surface area contributed by atoms with Crippen molar-refractivity contribution in [3.63, 3.8) is 0 Å². The second-order valence-corrected chi connectivity index (χ2v) is 13.1. The number of rotatable bonds is 9. The molecular weight excluding hydrogens is 532 g/mol. The molecule has 4 aromatic rings. The summed E-state index contributed by atoms with van der Waals surface area (Å²) >= 11 is 1.62. The van der Waals surface area contributed by atoms with E-state index in [-0.39, 0.29) is 24.3 Å². The Labute approximate surface area is 246 Å². The number of esters is 1. The molecule has 1 amide bonds. The van der Waals surface area contributed by atoms with Gasteiger partial charge in [0.2, 0.25) is 5.91 Å². The summed E-state index contributed by atoms with van der Waals surface area (Å²) < 4.78 is 5.47. The first-order chi connectivity index (χ1) is 19.7. The number of fused-ring (bicyclic) bond motifs is 1. The van der Waals surface area contributed by atoms with Crippen LogP contribution in [-0.4, -0.2) is 40.5 Å². The van der Waals surface area contributed by atoms with Gasteiger partial charge in [0.05, 0.1) is 6.42 Å². The van der Waals surface area contributed by atoms with Crippen LogP contribution in [0.5, 0.6) is 0 Å². The summed E-state index contributed by atoms with van der Waals surface area (Å²) in [4.78, 5) is 37.4. The van der Waals surface area contributed by atoms with Crippen molar-refractivity contribution in [2.45, 2.75) is 77.9 Å². The van der Waals surface area contributed by atoms with Gasteiger partial charge in [0.1, 0.15) is 16.7 Å². The molecule has 1 aliphatic rings. The third-order valence-corrected chi connectivity index (χ3v) is 8.33. The number of aromatic amines is 1. The van der Waals surface area contributed by atoms with Gasteiger partial charge in [0, 0.05) is 58.9 Å². The molecule has 0 aliphatic carbocycles. The molecule has 0 saturated carbocycles. The van der Waals surface area contributed by atoms with E-state index in [0.29, 0.717) is 12.8 Å². The molecule has 2 aromatic carbocycles. The lowest BCUT2D eigenvalue weighted by molar-refractivity contribution is -0.154. The number of hydrogen-bond donors (Lipinski definition) is 2. The minimum atomic E-state index is -0.499. The maximum Gasteiger partial charge on any atom is 0.306 e. The molecule has 0 radical (unpaired) electrons. The van der Waals surface area contributed by atoms with Gasteiger partial charge in [-0.25, -0.2) is 4.98 Å². The Balaban J connectivity index is 1.34. The average molecular weight is 573 g/mol. The van der Waals surface area contributed by atoms with Gasteiger partial charge < -0.3 is 19.9 Å². The van der Waals surface area contributed by atoms with Crippen molar-refractivity contribution in [1.29, 1.82) is 0 Å². The van der Waals surface area contributed by atoms with Crippen LogP contribution in [0.4, 0.5) is 5.69 Å². The van der Waals surface area contributed by atoms with E-state index < -0.39 is 5.60 Å². The van der Waals surface area contributed by atoms with Gasteiger partial charge in [0.15, 0.2) is 0 Å². The van der Waals surface area contributed by atoms with E-state index in [0.717, 1.165) is 50.6 Å². The largest absolute Gasteiger partial charge is 0.460 e. The van der Waals surface area contributed by atoms with E-state index in [1.165, 1.54) is 24.9 Å². The molecule has 1 aliphatic heterocycles. The minimum absolute atomic E-state index is 0.0542. The number of H-pyrrole nitrogens is 1. The molecular formula is C33H40N4O3S. The second-order valence-electron chi connectivity index (χ2n) is 11.9. The van der Waals surface area contributed by atoms with E-state index in [4.69, 9.17) is 4.74 Å². The average Bonchev–Trinajstić information content (AvgIpc) is 3.56. The molecule has 41 heavy (non-hydrogen) atoms. The normalized spacial score (nSPS) is 14.7. The lowest BCUT2D eigenvalue weighted by atomic mass is 10.0. The zero-order valence-corrected chi connectivity index (χ0v) is 25.3. The fourth-order valence-electron chi connectivity index (χ4n) is 5.50. The molecule has 1 atom stereocenters. The number of nitrogens with zero attached hydrogens (tertiary/aromatic N) is 2. The quantitative estimate of drug-likeness (QED) is 0.219. The van der Waals surface area contributed by atoms with Crippen molar-refractivity contribution < 1.29 is 14.3 Å². The summed E-state index contributed by atoms with van der Waals surface area (Å²) in [6, 6.07) is 14.1. The fourth-order valence-corrected chi connectivity index (χ4v) is 6.35. The Kier molecular flexibility index (Phi) is 8.78. The van der Waals surface area contributed by atoms with Gasteiger partial charge in [-0.05, 0) is 82.7 Å². The number of nitrogens with one attached hydrogen (secondary N) is 2. The van der Waals surface area contributed by atoms with Gasteiger partial charge in [-0.15, -0.1) is 11.3 Å². The monoisotopic (exact) mass is 572 g/mol. The van der Waals surface area contributed by atoms with E-state index in [1.54, 1.807) is 11.3 Å². The van der Waals surface area contributed by atoms with Crippen molar-refractivity contribution in [3.8, 4) is 0 Å². The van der Waals surface area contributed by atoms with Crippen molar-refractivity contribution in [1.82, 2.24) is 15.3 Å². The first-order valence-corrected chi connectivity index (χ1v) is 15.3. The first-order valence-electron chi connectivity index (χ1n) is 14.5. The fraction of sp³-hybridized carbons (Fsp3) is 0.424. The van der Waals surface area contributed by atoms with E-state index in [1.807, 2.05) is 58.3 Å². The van der Waals surface area contributed by atoms with Gasteiger partial charge in [-0.1, -0.05) is 24.3 Å². The zero-order chi connectivity index (χ0) is 29.0. The lowest BCUT2D eigenvalue weighted by Crippen LogP contribution is -2.34. The van der Waals surface area contributed by atoms with Crippen molar-refractivity contribution >= 4 is 39.8 Å². The summed E-state index contributed by atoms with van der Waals surface area (Å²) in [5.41, 5.74) is 4.71. The molecule has 1 unspecified atom stereocenters. The first kappa shape index (κ1) is 28.9. The van der Waals surface area contributed by atoms with Crippen molar-refractivity contribution in [2.75, 3.05) is 18.0 Å².